The van der Waals surface area contributed by atoms with E-state index < -0.39 is 12.1 Å². The van der Waals surface area contributed by atoms with Gasteiger partial charge in [-0.15, -0.1) is 0 Å². The fraction of sp³-hybridized carbons (Fsp3) is 0.750. The molecule has 0 rings (SSSR count). The molecule has 0 aliphatic heterocycles. The molecule has 4 nitrogen and oxygen atoms in total. The summed E-state index contributed by atoms with van der Waals surface area (Å²) in [4.78, 5) is 20.9. The standard InChI is InChI=1S/C8H15NO3/c1-3-4-7(9)8(5-10)12-6(2)11/h5,7-8H,3-4,9H2,1-2H3/t7-,8?/m0/s1. The van der Waals surface area contributed by atoms with Crippen LogP contribution in [-0.2, 0) is 14.3 Å². The minimum atomic E-state index is -0.789. The zero-order chi connectivity index (χ0) is 9.56. The van der Waals surface area contributed by atoms with Crippen LogP contribution in [-0.4, -0.2) is 24.4 Å². The van der Waals surface area contributed by atoms with E-state index in [-0.39, 0.29) is 6.04 Å². The Balaban J connectivity index is 3.95. The van der Waals surface area contributed by atoms with Crippen LogP contribution in [0.5, 0.6) is 0 Å². The van der Waals surface area contributed by atoms with E-state index in [0.29, 0.717) is 12.7 Å². The van der Waals surface area contributed by atoms with Crippen LogP contribution in [0.2, 0.25) is 0 Å². The number of hydrogen-bond acceptors (Lipinski definition) is 4. The number of carbonyl (C=O) groups is 2. The van der Waals surface area contributed by atoms with E-state index in [1.54, 1.807) is 0 Å². The van der Waals surface area contributed by atoms with Crippen molar-refractivity contribution in [3.05, 3.63) is 0 Å². The molecule has 70 valence electrons. The number of nitrogens with two attached hydrogens (primary N) is 1. The molecule has 0 aromatic carbocycles. The molecule has 0 bridgehead atoms. The average molecular weight is 173 g/mol. The molecule has 0 saturated heterocycles. The lowest BCUT2D eigenvalue weighted by Gasteiger charge is -2.17. The molecular weight excluding hydrogens is 158 g/mol. The van der Waals surface area contributed by atoms with E-state index >= 15 is 0 Å². The zero-order valence-corrected chi connectivity index (χ0v) is 7.45. The fourth-order valence-electron chi connectivity index (χ4n) is 0.905. The molecule has 0 fully saturated rings. The van der Waals surface area contributed by atoms with Crippen LogP contribution in [0, 0.1) is 0 Å². The van der Waals surface area contributed by atoms with Crippen molar-refractivity contribution >= 4 is 12.3 Å². The van der Waals surface area contributed by atoms with Crippen molar-refractivity contribution in [3.63, 3.8) is 0 Å². The van der Waals surface area contributed by atoms with Crippen molar-refractivity contribution in [3.8, 4) is 0 Å². The minimum Gasteiger partial charge on any atom is -0.453 e. The maximum absolute atomic E-state index is 10.5. The molecule has 0 aromatic rings. The molecule has 0 radical (unpaired) electrons. The Morgan fingerprint density at radius 2 is 2.25 bits per heavy atom. The van der Waals surface area contributed by atoms with E-state index in [4.69, 9.17) is 5.73 Å². The van der Waals surface area contributed by atoms with Crippen molar-refractivity contribution in [2.75, 3.05) is 0 Å². The van der Waals surface area contributed by atoms with Crippen LogP contribution >= 0.6 is 0 Å². The highest BCUT2D eigenvalue weighted by molar-refractivity contribution is 5.70. The molecule has 0 aliphatic carbocycles. The topological polar surface area (TPSA) is 69.4 Å². The Kier molecular flexibility index (Phi) is 5.28. The largest absolute Gasteiger partial charge is 0.453 e. The summed E-state index contributed by atoms with van der Waals surface area (Å²) in [5.41, 5.74) is 5.58. The van der Waals surface area contributed by atoms with Crippen LogP contribution < -0.4 is 5.73 Å². The molecular formula is C8H15NO3. The highest BCUT2D eigenvalue weighted by atomic mass is 16.5. The first kappa shape index (κ1) is 11.1. The molecule has 0 heterocycles. The Labute approximate surface area is 72.1 Å². The van der Waals surface area contributed by atoms with Crippen molar-refractivity contribution < 1.29 is 14.3 Å². The van der Waals surface area contributed by atoms with Gasteiger partial charge in [-0.3, -0.25) is 9.59 Å². The minimum absolute atomic E-state index is 0.378. The van der Waals surface area contributed by atoms with Gasteiger partial charge in [0.15, 0.2) is 12.4 Å². The van der Waals surface area contributed by atoms with Gasteiger partial charge in [-0.1, -0.05) is 13.3 Å². The first-order valence-electron chi connectivity index (χ1n) is 4.00. The molecule has 12 heavy (non-hydrogen) atoms. The monoisotopic (exact) mass is 173 g/mol. The molecule has 0 saturated carbocycles. The van der Waals surface area contributed by atoms with Gasteiger partial charge < -0.3 is 10.5 Å². The maximum atomic E-state index is 10.5. The third kappa shape index (κ3) is 4.08. The molecule has 2 atom stereocenters. The molecule has 1 unspecified atom stereocenters. The van der Waals surface area contributed by atoms with Gasteiger partial charge in [-0.2, -0.15) is 0 Å². The second kappa shape index (κ2) is 5.71. The third-order valence-corrected chi connectivity index (χ3v) is 1.48. The van der Waals surface area contributed by atoms with E-state index in [1.165, 1.54) is 6.92 Å². The molecule has 0 spiro atoms. The van der Waals surface area contributed by atoms with Crippen LogP contribution in [0.3, 0.4) is 0 Å². The summed E-state index contributed by atoms with van der Waals surface area (Å²) in [6.07, 6.45) is 1.33. The van der Waals surface area contributed by atoms with Crippen molar-refractivity contribution in [2.45, 2.75) is 38.8 Å². The first-order chi connectivity index (χ1) is 5.61. The summed E-state index contributed by atoms with van der Waals surface area (Å²) in [6, 6.07) is -0.378. The predicted octanol–water partition coefficient (Wildman–Crippen LogP) is 0.244. The molecule has 0 aromatic heterocycles. The van der Waals surface area contributed by atoms with E-state index in [1.807, 2.05) is 6.92 Å². The van der Waals surface area contributed by atoms with Gasteiger partial charge in [-0.25, -0.2) is 0 Å². The van der Waals surface area contributed by atoms with E-state index in [0.717, 1.165) is 6.42 Å². The molecule has 4 heteroatoms. The Morgan fingerprint density at radius 3 is 2.58 bits per heavy atom. The van der Waals surface area contributed by atoms with Crippen LogP contribution in [0.4, 0.5) is 0 Å². The lowest BCUT2D eigenvalue weighted by Crippen LogP contribution is -2.38. The highest BCUT2D eigenvalue weighted by Crippen LogP contribution is 2.01. The van der Waals surface area contributed by atoms with E-state index in [2.05, 4.69) is 4.74 Å². The van der Waals surface area contributed by atoms with Crippen molar-refractivity contribution in [2.24, 2.45) is 5.73 Å². The van der Waals surface area contributed by atoms with Gasteiger partial charge >= 0.3 is 5.97 Å². The van der Waals surface area contributed by atoms with Gasteiger partial charge in [0.2, 0.25) is 0 Å². The van der Waals surface area contributed by atoms with Crippen molar-refractivity contribution in [1.29, 1.82) is 0 Å². The van der Waals surface area contributed by atoms with Crippen LogP contribution in [0.25, 0.3) is 0 Å². The maximum Gasteiger partial charge on any atom is 0.303 e. The second-order valence-corrected chi connectivity index (χ2v) is 2.66. The smallest absolute Gasteiger partial charge is 0.303 e. The molecule has 0 amide bonds. The van der Waals surface area contributed by atoms with Gasteiger partial charge in [-0.05, 0) is 6.42 Å². The number of esters is 1. The lowest BCUT2D eigenvalue weighted by atomic mass is 10.1. The van der Waals surface area contributed by atoms with E-state index in [9.17, 15) is 9.59 Å². The summed E-state index contributed by atoms with van der Waals surface area (Å²) < 4.78 is 4.68. The first-order valence-corrected chi connectivity index (χ1v) is 4.00. The van der Waals surface area contributed by atoms with Gasteiger partial charge in [0.1, 0.15) is 0 Å². The summed E-state index contributed by atoms with van der Waals surface area (Å²) in [7, 11) is 0. The summed E-state index contributed by atoms with van der Waals surface area (Å²) in [6.45, 7) is 3.21. The normalized spacial score (nSPS) is 14.9. The Bertz CT molecular complexity index is 158. The zero-order valence-electron chi connectivity index (χ0n) is 7.45. The number of rotatable bonds is 5. The number of carbonyl (C=O) groups excluding carboxylic acids is 2. The van der Waals surface area contributed by atoms with Crippen LogP contribution in [0.15, 0.2) is 0 Å². The number of aldehydes is 1. The second-order valence-electron chi connectivity index (χ2n) is 2.66. The third-order valence-electron chi connectivity index (χ3n) is 1.48. The fourth-order valence-corrected chi connectivity index (χ4v) is 0.905. The van der Waals surface area contributed by atoms with Gasteiger partial charge in [0.05, 0.1) is 0 Å². The molecule has 0 aliphatic rings. The SMILES string of the molecule is CCC[C@H](N)C(C=O)OC(C)=O. The number of ether oxygens (including phenoxy) is 1. The predicted molar refractivity (Wildman–Crippen MR) is 44.5 cm³/mol. The highest BCUT2D eigenvalue weighted by Gasteiger charge is 2.18. The Hall–Kier alpha value is -0.900. The van der Waals surface area contributed by atoms with Crippen LogP contribution in [0.1, 0.15) is 26.7 Å². The van der Waals surface area contributed by atoms with Gasteiger partial charge in [0.25, 0.3) is 0 Å². The average Bonchev–Trinajstić information content (AvgIpc) is 2.00. The summed E-state index contributed by atoms with van der Waals surface area (Å²) in [5.74, 6) is -0.473. The van der Waals surface area contributed by atoms with Gasteiger partial charge in [0, 0.05) is 13.0 Å². The lowest BCUT2D eigenvalue weighted by molar-refractivity contribution is -0.150. The Morgan fingerprint density at radius 1 is 1.67 bits per heavy atom. The molecule has 2 N–H and O–H groups in total. The summed E-state index contributed by atoms with van der Waals surface area (Å²) in [5, 5.41) is 0. The quantitative estimate of drug-likeness (QED) is 0.477. The number of hydrogen-bond donors (Lipinski definition) is 1. The summed E-state index contributed by atoms with van der Waals surface area (Å²) >= 11 is 0. The van der Waals surface area contributed by atoms with Crippen molar-refractivity contribution in [1.82, 2.24) is 0 Å².